The molecule has 0 amide bonds. The largest absolute Gasteiger partial charge is 0.533 e. The molecular formula is C6H7O6Si. The highest BCUT2D eigenvalue weighted by Gasteiger charge is 2.39. The molecule has 0 saturated carbocycles. The Morgan fingerprint density at radius 3 is 2.69 bits per heavy atom. The minimum Gasteiger partial charge on any atom is -0.533 e. The van der Waals surface area contributed by atoms with Crippen molar-refractivity contribution in [2.75, 3.05) is 6.61 Å². The Labute approximate surface area is 76.9 Å². The van der Waals surface area contributed by atoms with Gasteiger partial charge in [0.05, 0.1) is 6.61 Å². The zero-order valence-corrected chi connectivity index (χ0v) is 7.43. The van der Waals surface area contributed by atoms with Gasteiger partial charge in [-0.15, -0.1) is 0 Å². The molecule has 3 N–H and O–H groups in total. The van der Waals surface area contributed by atoms with Crippen LogP contribution in [-0.2, 0) is 14.0 Å². The molecule has 0 aromatic rings. The first-order valence-corrected chi connectivity index (χ1v) is 3.79. The van der Waals surface area contributed by atoms with Crippen molar-refractivity contribution in [3.63, 3.8) is 0 Å². The van der Waals surface area contributed by atoms with E-state index < -0.39 is 36.3 Å². The molecule has 0 fully saturated rings. The van der Waals surface area contributed by atoms with Crippen molar-refractivity contribution in [3.8, 4) is 0 Å². The van der Waals surface area contributed by atoms with E-state index in [1.54, 1.807) is 0 Å². The van der Waals surface area contributed by atoms with Crippen LogP contribution in [0.4, 0.5) is 0 Å². The normalized spacial score (nSPS) is 24.5. The Hall–Kier alpha value is -1.05. The lowest BCUT2D eigenvalue weighted by Gasteiger charge is -2.13. The van der Waals surface area contributed by atoms with E-state index >= 15 is 0 Å². The Morgan fingerprint density at radius 2 is 2.31 bits per heavy atom. The van der Waals surface area contributed by atoms with Gasteiger partial charge < -0.3 is 24.5 Å². The van der Waals surface area contributed by atoms with E-state index in [-0.39, 0.29) is 0 Å². The maximum absolute atomic E-state index is 10.9. The van der Waals surface area contributed by atoms with Gasteiger partial charge in [0.2, 0.25) is 5.76 Å². The summed E-state index contributed by atoms with van der Waals surface area (Å²) in [6.07, 6.45) is -2.62. The lowest BCUT2D eigenvalue weighted by molar-refractivity contribution is -0.147. The van der Waals surface area contributed by atoms with Crippen LogP contribution in [-0.4, -0.2) is 50.6 Å². The summed E-state index contributed by atoms with van der Waals surface area (Å²) in [5.74, 6) is -1.86. The van der Waals surface area contributed by atoms with Gasteiger partial charge >= 0.3 is 16.5 Å². The second kappa shape index (κ2) is 3.77. The average Bonchev–Trinajstić information content (AvgIpc) is 2.40. The zero-order chi connectivity index (χ0) is 10.0. The molecule has 1 heterocycles. The first kappa shape index (κ1) is 10.0. The van der Waals surface area contributed by atoms with Crippen molar-refractivity contribution < 1.29 is 29.3 Å². The SMILES string of the molecule is O=C1O[C@H]([C@@H](O)CO)C(O)=C1O[Si]. The van der Waals surface area contributed by atoms with Crippen LogP contribution < -0.4 is 0 Å². The first-order chi connectivity index (χ1) is 6.11. The Balaban J connectivity index is 2.84. The highest BCUT2D eigenvalue weighted by Crippen LogP contribution is 2.22. The molecule has 0 saturated heterocycles. The molecule has 3 radical (unpaired) electrons. The minimum atomic E-state index is -1.36. The molecule has 0 aliphatic carbocycles. The molecule has 7 heteroatoms. The molecule has 2 atom stereocenters. The number of aliphatic hydroxyl groups excluding tert-OH is 3. The van der Waals surface area contributed by atoms with Gasteiger partial charge in [0, 0.05) is 0 Å². The third-order valence-electron chi connectivity index (χ3n) is 1.56. The lowest BCUT2D eigenvalue weighted by atomic mass is 10.2. The van der Waals surface area contributed by atoms with Crippen LogP contribution in [0, 0.1) is 0 Å². The standard InChI is InChI=1S/C6H7O6Si/c7-1-2(8)4-3(9)5(12-13)6(10)11-4/h2,4,7-9H,1H2/t2-,4+/m0/s1. The minimum absolute atomic E-state index is 0.422. The van der Waals surface area contributed by atoms with Gasteiger partial charge in [-0.1, -0.05) is 0 Å². The summed E-state index contributed by atoms with van der Waals surface area (Å²) in [7, 11) is 2.54. The smallest absolute Gasteiger partial charge is 0.376 e. The summed E-state index contributed by atoms with van der Waals surface area (Å²) in [6.45, 7) is -0.628. The maximum Gasteiger partial charge on any atom is 0.376 e. The summed E-state index contributed by atoms with van der Waals surface area (Å²) in [5.41, 5.74) is 0. The fourth-order valence-electron chi connectivity index (χ4n) is 0.909. The maximum atomic E-state index is 10.9. The van der Waals surface area contributed by atoms with Gasteiger partial charge in [0.1, 0.15) is 6.10 Å². The summed E-state index contributed by atoms with van der Waals surface area (Å²) in [5, 5.41) is 26.8. The molecule has 0 aromatic heterocycles. The van der Waals surface area contributed by atoms with Crippen molar-refractivity contribution in [1.29, 1.82) is 0 Å². The summed E-state index contributed by atoms with van der Waals surface area (Å²) in [4.78, 5) is 10.9. The van der Waals surface area contributed by atoms with E-state index in [1.807, 2.05) is 0 Å². The molecule has 13 heavy (non-hydrogen) atoms. The first-order valence-electron chi connectivity index (χ1n) is 3.38. The predicted molar refractivity (Wildman–Crippen MR) is 39.5 cm³/mol. The van der Waals surface area contributed by atoms with Crippen molar-refractivity contribution in [2.24, 2.45) is 0 Å². The van der Waals surface area contributed by atoms with Crippen LogP contribution in [0.1, 0.15) is 0 Å². The van der Waals surface area contributed by atoms with Crippen LogP contribution in [0.3, 0.4) is 0 Å². The number of aliphatic hydroxyl groups is 3. The number of hydrogen-bond acceptors (Lipinski definition) is 6. The molecule has 1 aliphatic heterocycles. The number of carbonyl (C=O) groups is 1. The molecule has 0 spiro atoms. The molecule has 1 rings (SSSR count). The second-order valence-electron chi connectivity index (χ2n) is 2.39. The van der Waals surface area contributed by atoms with Crippen molar-refractivity contribution in [2.45, 2.75) is 12.2 Å². The molecule has 0 unspecified atom stereocenters. The van der Waals surface area contributed by atoms with E-state index in [4.69, 9.17) is 10.2 Å². The van der Waals surface area contributed by atoms with Gasteiger partial charge in [-0.05, 0) is 0 Å². The van der Waals surface area contributed by atoms with Gasteiger partial charge in [-0.25, -0.2) is 4.79 Å². The highest BCUT2D eigenvalue weighted by molar-refractivity contribution is 6.03. The Bertz CT molecular complexity index is 250. The van der Waals surface area contributed by atoms with Crippen LogP contribution >= 0.6 is 0 Å². The van der Waals surface area contributed by atoms with Gasteiger partial charge in [0.15, 0.2) is 11.9 Å². The van der Waals surface area contributed by atoms with Crippen LogP contribution in [0.2, 0.25) is 0 Å². The molecule has 0 bridgehead atoms. The van der Waals surface area contributed by atoms with E-state index in [0.29, 0.717) is 0 Å². The molecule has 0 aromatic carbocycles. The van der Waals surface area contributed by atoms with Gasteiger partial charge in [-0.2, -0.15) is 0 Å². The number of carbonyl (C=O) groups excluding carboxylic acids is 1. The van der Waals surface area contributed by atoms with E-state index in [0.717, 1.165) is 0 Å². The van der Waals surface area contributed by atoms with Crippen molar-refractivity contribution in [1.82, 2.24) is 0 Å². The van der Waals surface area contributed by atoms with Crippen LogP contribution in [0.25, 0.3) is 0 Å². The number of hydrogen-bond donors (Lipinski definition) is 3. The number of cyclic esters (lactones) is 1. The second-order valence-corrected chi connectivity index (χ2v) is 2.60. The van der Waals surface area contributed by atoms with Crippen LogP contribution in [0.5, 0.6) is 0 Å². The van der Waals surface area contributed by atoms with E-state index in [9.17, 15) is 9.90 Å². The Morgan fingerprint density at radius 1 is 1.69 bits per heavy atom. The van der Waals surface area contributed by atoms with Crippen molar-refractivity contribution in [3.05, 3.63) is 11.5 Å². The molecule has 71 valence electrons. The molecule has 6 nitrogen and oxygen atoms in total. The quantitative estimate of drug-likeness (QED) is 0.367. The zero-order valence-electron chi connectivity index (χ0n) is 6.43. The summed E-state index contributed by atoms with van der Waals surface area (Å²) < 4.78 is 8.83. The third-order valence-corrected chi connectivity index (χ3v) is 1.76. The number of ether oxygens (including phenoxy) is 1. The van der Waals surface area contributed by atoms with Crippen molar-refractivity contribution >= 4 is 16.5 Å². The van der Waals surface area contributed by atoms with Gasteiger partial charge in [0.25, 0.3) is 0 Å². The fourth-order valence-corrected chi connectivity index (χ4v) is 1.10. The number of rotatable bonds is 3. The van der Waals surface area contributed by atoms with Gasteiger partial charge in [-0.3, -0.25) is 0 Å². The summed E-state index contributed by atoms with van der Waals surface area (Å²) in [6, 6.07) is 0. The van der Waals surface area contributed by atoms with Crippen LogP contribution in [0.15, 0.2) is 11.5 Å². The highest BCUT2D eigenvalue weighted by atomic mass is 28.2. The monoisotopic (exact) mass is 203 g/mol. The lowest BCUT2D eigenvalue weighted by Crippen LogP contribution is -2.31. The summed E-state index contributed by atoms with van der Waals surface area (Å²) >= 11 is 0. The van der Waals surface area contributed by atoms with E-state index in [1.165, 1.54) is 0 Å². The average molecular weight is 203 g/mol. The Kier molecular flexibility index (Phi) is 2.91. The fraction of sp³-hybridized carbons (Fsp3) is 0.500. The predicted octanol–water partition coefficient (Wildman–Crippen LogP) is -1.87. The third kappa shape index (κ3) is 1.66. The molecule has 1 aliphatic rings. The van der Waals surface area contributed by atoms with E-state index in [2.05, 4.69) is 19.6 Å². The topological polar surface area (TPSA) is 96.2 Å². The molecular weight excluding hydrogens is 196 g/mol. The number of esters is 1.